The number of amides is 1. The molecule has 1 heterocycles. The van der Waals surface area contributed by atoms with E-state index in [1.165, 1.54) is 30.6 Å². The van der Waals surface area contributed by atoms with Gasteiger partial charge in [0.05, 0.1) is 7.11 Å². The van der Waals surface area contributed by atoms with Crippen LogP contribution in [0.25, 0.3) is 0 Å². The summed E-state index contributed by atoms with van der Waals surface area (Å²) in [4.78, 5) is 12.6. The first-order valence-corrected chi connectivity index (χ1v) is 6.83. The molecule has 1 unspecified atom stereocenters. The third-order valence-corrected chi connectivity index (χ3v) is 3.72. The van der Waals surface area contributed by atoms with E-state index < -0.39 is 17.8 Å². The number of thiophene rings is 1. The molecule has 1 aromatic heterocycles. The van der Waals surface area contributed by atoms with Crippen molar-refractivity contribution in [3.8, 4) is 5.75 Å². The van der Waals surface area contributed by atoms with Crippen LogP contribution in [-0.4, -0.2) is 24.7 Å². The second-order valence-corrected chi connectivity index (χ2v) is 5.07. The molecule has 1 amide bonds. The molecule has 2 N–H and O–H groups in total. The first kappa shape index (κ1) is 14.5. The number of hydrogen-bond acceptors (Lipinski definition) is 4. The number of aliphatic hydroxyl groups excluding tert-OH is 1. The quantitative estimate of drug-likeness (QED) is 0.890. The van der Waals surface area contributed by atoms with Gasteiger partial charge in [0, 0.05) is 17.0 Å². The lowest BCUT2D eigenvalue weighted by Crippen LogP contribution is -2.28. The molecule has 0 bridgehead atoms. The Kier molecular flexibility index (Phi) is 4.70. The fourth-order valence-corrected chi connectivity index (χ4v) is 2.39. The van der Waals surface area contributed by atoms with E-state index >= 15 is 0 Å². The number of aliphatic hydroxyl groups is 1. The summed E-state index contributed by atoms with van der Waals surface area (Å²) in [5.41, 5.74) is 0.182. The predicted octanol–water partition coefficient (Wildman–Crippen LogP) is 2.36. The molecule has 0 spiro atoms. The van der Waals surface area contributed by atoms with E-state index in [0.29, 0.717) is 0 Å². The highest BCUT2D eigenvalue weighted by Crippen LogP contribution is 2.19. The zero-order valence-electron chi connectivity index (χ0n) is 10.8. The van der Waals surface area contributed by atoms with Crippen molar-refractivity contribution in [2.24, 2.45) is 0 Å². The van der Waals surface area contributed by atoms with Gasteiger partial charge in [0.25, 0.3) is 5.91 Å². The normalized spacial score (nSPS) is 11.9. The maximum Gasteiger partial charge on any atom is 0.251 e. The first-order valence-electron chi connectivity index (χ1n) is 5.95. The topological polar surface area (TPSA) is 58.6 Å². The van der Waals surface area contributed by atoms with Crippen LogP contribution in [0.15, 0.2) is 35.7 Å². The van der Waals surface area contributed by atoms with Crippen molar-refractivity contribution in [1.82, 2.24) is 5.32 Å². The summed E-state index contributed by atoms with van der Waals surface area (Å²) in [6.45, 7) is 0.0764. The Morgan fingerprint density at radius 3 is 2.90 bits per heavy atom. The molecule has 0 aliphatic heterocycles. The highest BCUT2D eigenvalue weighted by atomic mass is 32.1. The van der Waals surface area contributed by atoms with E-state index in [4.69, 9.17) is 4.74 Å². The standard InChI is InChI=1S/C14H14FNO3S/c1-19-12-5-4-9(7-10(12)15)14(18)16-8-11(17)13-3-2-6-20-13/h2-7,11,17H,8H2,1H3,(H,16,18). The molecule has 4 nitrogen and oxygen atoms in total. The lowest BCUT2D eigenvalue weighted by molar-refractivity contribution is 0.0917. The fraction of sp³-hybridized carbons (Fsp3) is 0.214. The molecule has 1 aromatic carbocycles. The summed E-state index contributed by atoms with van der Waals surface area (Å²) in [6.07, 6.45) is -0.762. The molecular weight excluding hydrogens is 281 g/mol. The molecule has 6 heteroatoms. The SMILES string of the molecule is COc1ccc(C(=O)NCC(O)c2cccs2)cc1F. The molecule has 0 saturated carbocycles. The van der Waals surface area contributed by atoms with Crippen LogP contribution in [0.3, 0.4) is 0 Å². The van der Waals surface area contributed by atoms with Gasteiger partial charge in [0.15, 0.2) is 11.6 Å². The van der Waals surface area contributed by atoms with Gasteiger partial charge in [-0.25, -0.2) is 4.39 Å². The summed E-state index contributed by atoms with van der Waals surface area (Å²) in [6, 6.07) is 7.57. The maximum atomic E-state index is 13.5. The van der Waals surface area contributed by atoms with Gasteiger partial charge in [-0.05, 0) is 29.6 Å². The number of carbonyl (C=O) groups excluding carboxylic acids is 1. The number of ether oxygens (including phenoxy) is 1. The monoisotopic (exact) mass is 295 g/mol. The van der Waals surface area contributed by atoms with E-state index in [2.05, 4.69) is 5.32 Å². The van der Waals surface area contributed by atoms with Crippen LogP contribution in [0.2, 0.25) is 0 Å². The van der Waals surface area contributed by atoms with Crippen LogP contribution in [0, 0.1) is 5.82 Å². The largest absolute Gasteiger partial charge is 0.494 e. The molecular formula is C14H14FNO3S. The smallest absolute Gasteiger partial charge is 0.251 e. The van der Waals surface area contributed by atoms with E-state index in [0.717, 1.165) is 10.9 Å². The highest BCUT2D eigenvalue weighted by Gasteiger charge is 2.13. The zero-order valence-corrected chi connectivity index (χ0v) is 11.6. The van der Waals surface area contributed by atoms with Crippen LogP contribution in [-0.2, 0) is 0 Å². The Bertz CT molecular complexity index is 586. The Labute approximate surface area is 119 Å². The Morgan fingerprint density at radius 1 is 1.50 bits per heavy atom. The molecule has 20 heavy (non-hydrogen) atoms. The summed E-state index contributed by atoms with van der Waals surface area (Å²) in [5.74, 6) is -0.957. The number of benzene rings is 1. The Balaban J connectivity index is 1.96. The van der Waals surface area contributed by atoms with Crippen LogP contribution < -0.4 is 10.1 Å². The van der Waals surface area contributed by atoms with E-state index in [1.54, 1.807) is 6.07 Å². The summed E-state index contributed by atoms with van der Waals surface area (Å²) < 4.78 is 18.3. The van der Waals surface area contributed by atoms with E-state index in [9.17, 15) is 14.3 Å². The van der Waals surface area contributed by atoms with Gasteiger partial charge in [-0.3, -0.25) is 4.79 Å². The number of methoxy groups -OCH3 is 1. The van der Waals surface area contributed by atoms with Gasteiger partial charge in [-0.1, -0.05) is 6.07 Å². The van der Waals surface area contributed by atoms with Crippen molar-refractivity contribution >= 4 is 17.2 Å². The number of rotatable bonds is 5. The van der Waals surface area contributed by atoms with Crippen molar-refractivity contribution < 1.29 is 19.0 Å². The summed E-state index contributed by atoms with van der Waals surface area (Å²) in [7, 11) is 1.36. The van der Waals surface area contributed by atoms with Gasteiger partial charge in [-0.15, -0.1) is 11.3 Å². The van der Waals surface area contributed by atoms with Crippen molar-refractivity contribution in [2.75, 3.05) is 13.7 Å². The van der Waals surface area contributed by atoms with Crippen molar-refractivity contribution in [1.29, 1.82) is 0 Å². The van der Waals surface area contributed by atoms with Crippen LogP contribution in [0.5, 0.6) is 5.75 Å². The van der Waals surface area contributed by atoms with Gasteiger partial charge in [-0.2, -0.15) is 0 Å². The average Bonchev–Trinajstić information content (AvgIpc) is 2.98. The number of carbonyl (C=O) groups is 1. The van der Waals surface area contributed by atoms with E-state index in [-0.39, 0.29) is 17.9 Å². The van der Waals surface area contributed by atoms with Crippen LogP contribution in [0.4, 0.5) is 4.39 Å². The molecule has 0 aliphatic rings. The summed E-state index contributed by atoms with van der Waals surface area (Å²) in [5, 5.41) is 14.3. The number of hydrogen-bond donors (Lipinski definition) is 2. The van der Waals surface area contributed by atoms with Crippen molar-refractivity contribution in [3.63, 3.8) is 0 Å². The number of halogens is 1. The predicted molar refractivity (Wildman–Crippen MR) is 74.6 cm³/mol. The lowest BCUT2D eigenvalue weighted by atomic mass is 10.2. The molecule has 0 radical (unpaired) electrons. The lowest BCUT2D eigenvalue weighted by Gasteiger charge is -2.10. The maximum absolute atomic E-state index is 13.5. The molecule has 0 aliphatic carbocycles. The minimum Gasteiger partial charge on any atom is -0.494 e. The van der Waals surface area contributed by atoms with Crippen LogP contribution >= 0.6 is 11.3 Å². The number of nitrogens with one attached hydrogen (secondary N) is 1. The molecule has 106 valence electrons. The van der Waals surface area contributed by atoms with Gasteiger partial charge >= 0.3 is 0 Å². The second kappa shape index (κ2) is 6.49. The average molecular weight is 295 g/mol. The van der Waals surface area contributed by atoms with Gasteiger partial charge < -0.3 is 15.2 Å². The Hall–Kier alpha value is -1.92. The third-order valence-electron chi connectivity index (χ3n) is 2.74. The van der Waals surface area contributed by atoms with Crippen molar-refractivity contribution in [3.05, 3.63) is 52.0 Å². The van der Waals surface area contributed by atoms with Gasteiger partial charge in [0.2, 0.25) is 0 Å². The molecule has 1 atom stereocenters. The van der Waals surface area contributed by atoms with Gasteiger partial charge in [0.1, 0.15) is 6.10 Å². The molecule has 0 fully saturated rings. The van der Waals surface area contributed by atoms with E-state index in [1.807, 2.05) is 11.4 Å². The van der Waals surface area contributed by atoms with Crippen molar-refractivity contribution in [2.45, 2.75) is 6.10 Å². The highest BCUT2D eigenvalue weighted by molar-refractivity contribution is 7.10. The third kappa shape index (κ3) is 3.34. The molecule has 0 saturated heterocycles. The fourth-order valence-electron chi connectivity index (χ4n) is 1.68. The minimum absolute atomic E-state index is 0.0764. The Morgan fingerprint density at radius 2 is 2.30 bits per heavy atom. The second-order valence-electron chi connectivity index (χ2n) is 4.09. The summed E-state index contributed by atoms with van der Waals surface area (Å²) >= 11 is 1.41. The first-order chi connectivity index (χ1) is 9.61. The molecule has 2 rings (SSSR count). The van der Waals surface area contributed by atoms with Crippen LogP contribution in [0.1, 0.15) is 21.3 Å². The zero-order chi connectivity index (χ0) is 14.5. The minimum atomic E-state index is -0.762. The molecule has 2 aromatic rings.